The Morgan fingerprint density at radius 2 is 2.06 bits per heavy atom. The van der Waals surface area contributed by atoms with Gasteiger partial charge in [-0.25, -0.2) is 0 Å². The summed E-state index contributed by atoms with van der Waals surface area (Å²) >= 11 is 0. The zero-order valence-corrected chi connectivity index (χ0v) is 8.12. The van der Waals surface area contributed by atoms with E-state index in [4.69, 9.17) is 14.6 Å². The summed E-state index contributed by atoms with van der Waals surface area (Å²) in [5, 5.41) is 8.82. The van der Waals surface area contributed by atoms with Crippen LogP contribution in [0.5, 0.6) is 11.5 Å². The van der Waals surface area contributed by atoms with E-state index >= 15 is 0 Å². The smallest absolute Gasteiger partial charge is 0.416 e. The average molecular weight is 234 g/mol. The maximum absolute atomic E-state index is 12.4. The summed E-state index contributed by atoms with van der Waals surface area (Å²) in [6.45, 7) is -0.162. The highest BCUT2D eigenvalue weighted by molar-refractivity contribution is 5.44. The van der Waals surface area contributed by atoms with Gasteiger partial charge in [-0.3, -0.25) is 0 Å². The average Bonchev–Trinajstić information content (AvgIpc) is 2.26. The molecule has 0 aromatic heterocycles. The Morgan fingerprint density at radius 1 is 1.31 bits per heavy atom. The van der Waals surface area contributed by atoms with E-state index in [1.165, 1.54) is 6.07 Å². The molecule has 2 rings (SSSR count). The van der Waals surface area contributed by atoms with Crippen LogP contribution in [0, 0.1) is 0 Å². The van der Waals surface area contributed by atoms with Gasteiger partial charge in [0, 0.05) is 0 Å². The Hall–Kier alpha value is -1.43. The lowest BCUT2D eigenvalue weighted by molar-refractivity contribution is -0.137. The van der Waals surface area contributed by atoms with Crippen molar-refractivity contribution in [3.63, 3.8) is 0 Å². The Kier molecular flexibility index (Phi) is 2.67. The van der Waals surface area contributed by atoms with Gasteiger partial charge in [0.05, 0.1) is 12.2 Å². The van der Waals surface area contributed by atoms with Crippen LogP contribution in [0.1, 0.15) is 5.56 Å². The van der Waals surface area contributed by atoms with E-state index in [0.717, 1.165) is 12.1 Å². The van der Waals surface area contributed by atoms with E-state index in [2.05, 4.69) is 0 Å². The summed E-state index contributed by atoms with van der Waals surface area (Å²) in [6, 6.07) is 3.02. The predicted molar refractivity (Wildman–Crippen MR) is 48.4 cm³/mol. The fraction of sp³-hybridized carbons (Fsp3) is 0.400. The van der Waals surface area contributed by atoms with Gasteiger partial charge in [0.15, 0.2) is 17.6 Å². The van der Waals surface area contributed by atoms with E-state index in [-0.39, 0.29) is 24.7 Å². The number of aliphatic hydroxyl groups is 1. The van der Waals surface area contributed by atoms with E-state index < -0.39 is 17.8 Å². The van der Waals surface area contributed by atoms with Crippen molar-refractivity contribution in [3.05, 3.63) is 23.8 Å². The van der Waals surface area contributed by atoms with E-state index in [0.29, 0.717) is 0 Å². The standard InChI is InChI=1S/C10H9F3O3/c11-10(12,13)6-1-2-8-9(3-6)16-7(4-14)5-15-8/h1-3,7,14H,4-5H2/t7-/m1/s1. The van der Waals surface area contributed by atoms with Crippen molar-refractivity contribution in [2.45, 2.75) is 12.3 Å². The highest BCUT2D eigenvalue weighted by Gasteiger charge is 2.32. The lowest BCUT2D eigenvalue weighted by Crippen LogP contribution is -2.32. The molecule has 1 aliphatic rings. The number of rotatable bonds is 1. The van der Waals surface area contributed by atoms with Crippen molar-refractivity contribution in [2.24, 2.45) is 0 Å². The van der Waals surface area contributed by atoms with Gasteiger partial charge in [0.1, 0.15) is 6.61 Å². The predicted octanol–water partition coefficient (Wildman–Crippen LogP) is 1.84. The molecule has 88 valence electrons. The number of hydrogen-bond acceptors (Lipinski definition) is 3. The summed E-state index contributed by atoms with van der Waals surface area (Å²) in [4.78, 5) is 0. The molecule has 16 heavy (non-hydrogen) atoms. The van der Waals surface area contributed by atoms with Gasteiger partial charge in [-0.15, -0.1) is 0 Å². The van der Waals surface area contributed by atoms with Crippen molar-refractivity contribution in [2.75, 3.05) is 13.2 Å². The molecule has 0 unspecified atom stereocenters. The van der Waals surface area contributed by atoms with Crippen molar-refractivity contribution in [1.82, 2.24) is 0 Å². The van der Waals surface area contributed by atoms with Gasteiger partial charge in [-0.2, -0.15) is 13.2 Å². The summed E-state index contributed by atoms with van der Waals surface area (Å²) in [6.07, 6.45) is -5.03. The SMILES string of the molecule is OC[C@@H]1COc2ccc(C(F)(F)F)cc2O1. The fourth-order valence-corrected chi connectivity index (χ4v) is 1.38. The topological polar surface area (TPSA) is 38.7 Å². The largest absolute Gasteiger partial charge is 0.486 e. The molecule has 0 spiro atoms. The fourth-order valence-electron chi connectivity index (χ4n) is 1.38. The third-order valence-electron chi connectivity index (χ3n) is 2.19. The van der Waals surface area contributed by atoms with Crippen molar-refractivity contribution in [3.8, 4) is 11.5 Å². The van der Waals surface area contributed by atoms with Crippen LogP contribution in [-0.2, 0) is 6.18 Å². The zero-order chi connectivity index (χ0) is 11.8. The van der Waals surface area contributed by atoms with Crippen LogP contribution in [0.25, 0.3) is 0 Å². The molecule has 0 aliphatic carbocycles. The van der Waals surface area contributed by atoms with E-state index in [1.54, 1.807) is 0 Å². The van der Waals surface area contributed by atoms with Gasteiger partial charge >= 0.3 is 6.18 Å². The lowest BCUT2D eigenvalue weighted by Gasteiger charge is -2.25. The molecular formula is C10H9F3O3. The van der Waals surface area contributed by atoms with Crippen LogP contribution < -0.4 is 9.47 Å². The van der Waals surface area contributed by atoms with Gasteiger partial charge in [0.2, 0.25) is 0 Å². The summed E-state index contributed by atoms with van der Waals surface area (Å²) in [5.74, 6) is 0.276. The molecule has 1 N–H and O–H groups in total. The minimum Gasteiger partial charge on any atom is -0.486 e. The summed E-state index contributed by atoms with van der Waals surface area (Å²) in [5.41, 5.74) is -0.798. The summed E-state index contributed by atoms with van der Waals surface area (Å²) in [7, 11) is 0. The zero-order valence-electron chi connectivity index (χ0n) is 8.12. The number of ether oxygens (including phenoxy) is 2. The molecule has 0 bridgehead atoms. The molecule has 1 heterocycles. The molecule has 1 aliphatic heterocycles. The molecule has 0 radical (unpaired) electrons. The maximum atomic E-state index is 12.4. The number of alkyl halides is 3. The first-order valence-electron chi connectivity index (χ1n) is 4.62. The first kappa shape index (κ1) is 11.1. The van der Waals surface area contributed by atoms with Gasteiger partial charge < -0.3 is 14.6 Å². The van der Waals surface area contributed by atoms with Crippen molar-refractivity contribution in [1.29, 1.82) is 0 Å². The third kappa shape index (κ3) is 2.06. The second-order valence-corrected chi connectivity index (χ2v) is 3.39. The van der Waals surface area contributed by atoms with Crippen molar-refractivity contribution < 1.29 is 27.8 Å². The van der Waals surface area contributed by atoms with Gasteiger partial charge in [-0.05, 0) is 18.2 Å². The monoisotopic (exact) mass is 234 g/mol. The first-order valence-corrected chi connectivity index (χ1v) is 4.62. The van der Waals surface area contributed by atoms with E-state index in [1.807, 2.05) is 0 Å². The highest BCUT2D eigenvalue weighted by atomic mass is 19.4. The Balaban J connectivity index is 2.31. The van der Waals surface area contributed by atoms with Crippen LogP contribution in [0.3, 0.4) is 0 Å². The number of aliphatic hydroxyl groups excluding tert-OH is 1. The molecule has 1 aromatic carbocycles. The Morgan fingerprint density at radius 3 is 2.69 bits per heavy atom. The second kappa shape index (κ2) is 3.86. The lowest BCUT2D eigenvalue weighted by atomic mass is 10.2. The van der Waals surface area contributed by atoms with E-state index in [9.17, 15) is 13.2 Å². The van der Waals surface area contributed by atoms with Gasteiger partial charge in [-0.1, -0.05) is 0 Å². The van der Waals surface area contributed by atoms with Crippen LogP contribution in [0.4, 0.5) is 13.2 Å². The van der Waals surface area contributed by atoms with Crippen LogP contribution in [0.2, 0.25) is 0 Å². The maximum Gasteiger partial charge on any atom is 0.416 e. The van der Waals surface area contributed by atoms with Crippen molar-refractivity contribution >= 4 is 0 Å². The van der Waals surface area contributed by atoms with Gasteiger partial charge in [0.25, 0.3) is 0 Å². The number of fused-ring (bicyclic) bond motifs is 1. The van der Waals surface area contributed by atoms with Crippen LogP contribution in [0.15, 0.2) is 18.2 Å². The third-order valence-corrected chi connectivity index (χ3v) is 2.19. The molecule has 1 aromatic rings. The number of halogens is 3. The molecule has 0 amide bonds. The molecule has 0 saturated carbocycles. The minimum atomic E-state index is -4.41. The number of benzene rings is 1. The molecule has 0 saturated heterocycles. The highest BCUT2D eigenvalue weighted by Crippen LogP contribution is 2.38. The molecular weight excluding hydrogens is 225 g/mol. The molecule has 1 atom stereocenters. The summed E-state index contributed by atoms with van der Waals surface area (Å²) < 4.78 is 47.5. The van der Waals surface area contributed by atoms with Crippen LogP contribution in [-0.4, -0.2) is 24.4 Å². The first-order chi connectivity index (χ1) is 7.50. The molecule has 6 heteroatoms. The minimum absolute atomic E-state index is 0.0140. The normalized spacial score (nSPS) is 19.6. The molecule has 0 fully saturated rings. The Labute approximate surface area is 89.4 Å². The number of hydrogen-bond donors (Lipinski definition) is 1. The van der Waals surface area contributed by atoms with Crippen LogP contribution >= 0.6 is 0 Å². The quantitative estimate of drug-likeness (QED) is 0.805. The second-order valence-electron chi connectivity index (χ2n) is 3.39. The Bertz CT molecular complexity index is 389. The molecule has 3 nitrogen and oxygen atoms in total.